The fraction of sp³-hybridized carbons (Fsp3) is 0.296. The van der Waals surface area contributed by atoms with E-state index in [-0.39, 0.29) is 5.91 Å². The number of amides is 1. The van der Waals surface area contributed by atoms with Gasteiger partial charge in [0, 0.05) is 24.3 Å². The molecule has 1 aliphatic heterocycles. The van der Waals surface area contributed by atoms with Crippen LogP contribution in [-0.4, -0.2) is 31.7 Å². The van der Waals surface area contributed by atoms with Gasteiger partial charge in [-0.2, -0.15) is 4.31 Å². The average molecular weight is 463 g/mol. The summed E-state index contributed by atoms with van der Waals surface area (Å²) in [5.41, 5.74) is 4.25. The summed E-state index contributed by atoms with van der Waals surface area (Å²) in [4.78, 5) is 13.1. The number of piperidine rings is 1. The number of rotatable bonds is 6. The van der Waals surface area contributed by atoms with Crippen LogP contribution in [0.5, 0.6) is 0 Å². The molecule has 1 saturated heterocycles. The minimum absolute atomic E-state index is 0.182. The monoisotopic (exact) mass is 462 g/mol. The number of carbonyl (C=O) groups is 1. The molecule has 1 aliphatic rings. The largest absolute Gasteiger partial charge is 0.322 e. The van der Waals surface area contributed by atoms with Crippen molar-refractivity contribution in [1.82, 2.24) is 4.31 Å². The molecule has 0 atom stereocenters. The number of benzene rings is 3. The maximum absolute atomic E-state index is 12.9. The van der Waals surface area contributed by atoms with Crippen LogP contribution >= 0.6 is 0 Å². The molecule has 33 heavy (non-hydrogen) atoms. The van der Waals surface area contributed by atoms with Gasteiger partial charge in [0.1, 0.15) is 0 Å². The normalized spacial score (nSPS) is 14.9. The second-order valence-corrected chi connectivity index (χ2v) is 10.7. The van der Waals surface area contributed by atoms with E-state index in [2.05, 4.69) is 19.2 Å². The van der Waals surface area contributed by atoms with Gasteiger partial charge in [0.15, 0.2) is 0 Å². The maximum atomic E-state index is 12.9. The lowest BCUT2D eigenvalue weighted by Crippen LogP contribution is -2.35. The number of hydrogen-bond donors (Lipinski definition) is 1. The second-order valence-electron chi connectivity index (χ2n) is 8.80. The highest BCUT2D eigenvalue weighted by atomic mass is 32.2. The van der Waals surface area contributed by atoms with Gasteiger partial charge in [0.2, 0.25) is 10.0 Å². The Morgan fingerprint density at radius 1 is 0.848 bits per heavy atom. The fourth-order valence-corrected chi connectivity index (χ4v) is 5.59. The quantitative estimate of drug-likeness (QED) is 0.496. The summed E-state index contributed by atoms with van der Waals surface area (Å²) in [7, 11) is -3.46. The van der Waals surface area contributed by atoms with Crippen molar-refractivity contribution in [1.29, 1.82) is 0 Å². The third-order valence-electron chi connectivity index (χ3n) is 6.10. The molecule has 3 aromatic rings. The van der Waals surface area contributed by atoms with Crippen LogP contribution in [0.1, 0.15) is 54.9 Å². The molecule has 6 heteroatoms. The molecule has 0 saturated carbocycles. The molecule has 5 nitrogen and oxygen atoms in total. The van der Waals surface area contributed by atoms with Gasteiger partial charge in [-0.1, -0.05) is 56.7 Å². The maximum Gasteiger partial charge on any atom is 0.255 e. The molecule has 0 unspecified atom stereocenters. The van der Waals surface area contributed by atoms with E-state index < -0.39 is 10.0 Å². The summed E-state index contributed by atoms with van der Waals surface area (Å²) in [5, 5.41) is 2.94. The van der Waals surface area contributed by atoms with Crippen LogP contribution in [0.25, 0.3) is 11.1 Å². The van der Waals surface area contributed by atoms with Gasteiger partial charge in [-0.3, -0.25) is 4.79 Å². The third kappa shape index (κ3) is 5.34. The first-order valence-electron chi connectivity index (χ1n) is 11.5. The summed E-state index contributed by atoms with van der Waals surface area (Å²) in [6, 6.07) is 22.2. The summed E-state index contributed by atoms with van der Waals surface area (Å²) < 4.78 is 27.3. The van der Waals surface area contributed by atoms with E-state index in [0.29, 0.717) is 29.5 Å². The molecular formula is C27H30N2O3S. The molecule has 0 radical (unpaired) electrons. The number of anilines is 1. The van der Waals surface area contributed by atoms with Crippen molar-refractivity contribution in [3.63, 3.8) is 0 Å². The molecule has 0 aromatic heterocycles. The van der Waals surface area contributed by atoms with Crippen molar-refractivity contribution >= 4 is 21.6 Å². The van der Waals surface area contributed by atoms with Crippen molar-refractivity contribution < 1.29 is 13.2 Å². The van der Waals surface area contributed by atoms with Crippen LogP contribution in [0.4, 0.5) is 5.69 Å². The Kier molecular flexibility index (Phi) is 6.96. The van der Waals surface area contributed by atoms with Crippen LogP contribution in [0, 0.1) is 0 Å². The van der Waals surface area contributed by atoms with Crippen molar-refractivity contribution in [2.45, 2.75) is 43.9 Å². The first-order chi connectivity index (χ1) is 15.8. The summed E-state index contributed by atoms with van der Waals surface area (Å²) >= 11 is 0. The Balaban J connectivity index is 1.49. The first kappa shape index (κ1) is 23.2. The van der Waals surface area contributed by atoms with E-state index >= 15 is 0 Å². The number of nitrogens with one attached hydrogen (secondary N) is 1. The van der Waals surface area contributed by atoms with Gasteiger partial charge < -0.3 is 5.32 Å². The number of carbonyl (C=O) groups excluding carboxylic acids is 1. The van der Waals surface area contributed by atoms with Gasteiger partial charge in [0.05, 0.1) is 4.90 Å². The first-order valence-corrected chi connectivity index (χ1v) is 12.9. The van der Waals surface area contributed by atoms with Crippen molar-refractivity contribution in [2.75, 3.05) is 18.4 Å². The highest BCUT2D eigenvalue weighted by Crippen LogP contribution is 2.26. The Morgan fingerprint density at radius 2 is 1.52 bits per heavy atom. The minimum Gasteiger partial charge on any atom is -0.322 e. The zero-order valence-corrected chi connectivity index (χ0v) is 19.9. The van der Waals surface area contributed by atoms with Gasteiger partial charge >= 0.3 is 0 Å². The Labute approximate surface area is 196 Å². The molecule has 1 N–H and O–H groups in total. The molecule has 1 amide bonds. The number of nitrogens with zero attached hydrogens (tertiary/aromatic N) is 1. The molecule has 1 heterocycles. The SMILES string of the molecule is CC(C)c1ccc(NC(=O)c2cccc(-c3ccc(S(=O)(=O)N4CCCCC4)cc3)c2)cc1. The van der Waals surface area contributed by atoms with E-state index in [1.165, 1.54) is 5.56 Å². The van der Waals surface area contributed by atoms with Crippen molar-refractivity contribution in [2.24, 2.45) is 0 Å². The van der Waals surface area contributed by atoms with Gasteiger partial charge in [0.25, 0.3) is 5.91 Å². The predicted octanol–water partition coefficient (Wildman–Crippen LogP) is 5.90. The van der Waals surface area contributed by atoms with E-state index in [0.717, 1.165) is 36.1 Å². The predicted molar refractivity (Wildman–Crippen MR) is 133 cm³/mol. The van der Waals surface area contributed by atoms with Crippen LogP contribution in [0.2, 0.25) is 0 Å². The molecule has 3 aromatic carbocycles. The summed E-state index contributed by atoms with van der Waals surface area (Å²) in [5.74, 6) is 0.256. The number of hydrogen-bond acceptors (Lipinski definition) is 3. The summed E-state index contributed by atoms with van der Waals surface area (Å²) in [6.07, 6.45) is 2.90. The molecule has 0 bridgehead atoms. The van der Waals surface area contributed by atoms with Crippen LogP contribution in [0.3, 0.4) is 0 Å². The molecule has 172 valence electrons. The average Bonchev–Trinajstić information content (AvgIpc) is 2.85. The highest BCUT2D eigenvalue weighted by molar-refractivity contribution is 7.89. The van der Waals surface area contributed by atoms with Crippen LogP contribution < -0.4 is 5.32 Å². The highest BCUT2D eigenvalue weighted by Gasteiger charge is 2.25. The zero-order valence-electron chi connectivity index (χ0n) is 19.1. The number of sulfonamides is 1. The molecular weight excluding hydrogens is 432 g/mol. The molecule has 1 fully saturated rings. The van der Waals surface area contributed by atoms with Crippen LogP contribution in [-0.2, 0) is 10.0 Å². The molecule has 0 spiro atoms. The van der Waals surface area contributed by atoms with Crippen molar-refractivity contribution in [3.05, 3.63) is 83.9 Å². The van der Waals surface area contributed by atoms with E-state index in [4.69, 9.17) is 0 Å². The lowest BCUT2D eigenvalue weighted by atomic mass is 10.0. The summed E-state index contributed by atoms with van der Waals surface area (Å²) in [6.45, 7) is 5.44. The van der Waals surface area contributed by atoms with Gasteiger partial charge in [-0.25, -0.2) is 8.42 Å². The second kappa shape index (κ2) is 9.89. The molecule has 0 aliphatic carbocycles. The Bertz CT molecular complexity index is 1210. The standard InChI is InChI=1S/C27H30N2O3S/c1-20(2)21-9-13-25(14-10-21)28-27(30)24-8-6-7-23(19-24)22-11-15-26(16-12-22)33(31,32)29-17-4-3-5-18-29/h6-16,19-20H,3-5,17-18H2,1-2H3,(H,28,30). The zero-order chi connectivity index (χ0) is 23.4. The van der Waals surface area contributed by atoms with E-state index in [1.807, 2.05) is 42.5 Å². The minimum atomic E-state index is -3.46. The van der Waals surface area contributed by atoms with E-state index in [1.54, 1.807) is 34.6 Å². The Hall–Kier alpha value is -2.96. The van der Waals surface area contributed by atoms with Crippen LogP contribution in [0.15, 0.2) is 77.7 Å². The topological polar surface area (TPSA) is 66.5 Å². The van der Waals surface area contributed by atoms with Gasteiger partial charge in [-0.15, -0.1) is 0 Å². The van der Waals surface area contributed by atoms with E-state index in [9.17, 15) is 13.2 Å². The molecule has 4 rings (SSSR count). The van der Waals surface area contributed by atoms with Crippen molar-refractivity contribution in [3.8, 4) is 11.1 Å². The smallest absolute Gasteiger partial charge is 0.255 e. The Morgan fingerprint density at radius 3 is 2.15 bits per heavy atom. The van der Waals surface area contributed by atoms with Gasteiger partial charge in [-0.05, 0) is 71.8 Å². The fourth-order valence-electron chi connectivity index (χ4n) is 4.07. The third-order valence-corrected chi connectivity index (χ3v) is 8.01. The lowest BCUT2D eigenvalue weighted by molar-refractivity contribution is 0.102. The lowest BCUT2D eigenvalue weighted by Gasteiger charge is -2.25.